The number of hydrogen-bond acceptors (Lipinski definition) is 3. The summed E-state index contributed by atoms with van der Waals surface area (Å²) >= 11 is 5.25. The molecule has 90 valence electrons. The smallest absolute Gasteiger partial charge is 0.237 e. The van der Waals surface area contributed by atoms with Crippen molar-refractivity contribution in [2.75, 3.05) is 13.7 Å². The van der Waals surface area contributed by atoms with Crippen LogP contribution in [0.5, 0.6) is 0 Å². The summed E-state index contributed by atoms with van der Waals surface area (Å²) in [4.78, 5) is 0. The van der Waals surface area contributed by atoms with Gasteiger partial charge in [0, 0.05) is 19.1 Å². The first kappa shape index (κ1) is 12.0. The summed E-state index contributed by atoms with van der Waals surface area (Å²) in [6.45, 7) is 3.37. The van der Waals surface area contributed by atoms with Gasteiger partial charge in [-0.05, 0) is 12.1 Å². The predicted octanol–water partition coefficient (Wildman–Crippen LogP) is 1.02. The summed E-state index contributed by atoms with van der Waals surface area (Å²) < 4.78 is 8.90. The molecule has 1 aromatic heterocycles. The van der Waals surface area contributed by atoms with Crippen LogP contribution in [-0.2, 0) is 23.9 Å². The minimum atomic E-state index is 0.586. The van der Waals surface area contributed by atoms with Crippen molar-refractivity contribution in [2.45, 2.75) is 18.6 Å². The van der Waals surface area contributed by atoms with E-state index in [-0.39, 0.29) is 0 Å². The third-order valence-electron chi connectivity index (χ3n) is 2.63. The summed E-state index contributed by atoms with van der Waals surface area (Å²) in [6.07, 6.45) is 0. The lowest BCUT2D eigenvalue weighted by Crippen LogP contribution is -2.40. The fraction of sp³-hybridized carbons (Fsp3) is 0.333. The van der Waals surface area contributed by atoms with Crippen LogP contribution in [-0.4, -0.2) is 23.5 Å². The van der Waals surface area contributed by atoms with E-state index in [1.165, 1.54) is 0 Å². The third kappa shape index (κ3) is 2.45. The molecule has 0 unspecified atom stereocenters. The Kier molecular flexibility index (Phi) is 3.71. The molecule has 4 nitrogen and oxygen atoms in total. The average molecular weight is 249 g/mol. The molecule has 0 bridgehead atoms. The van der Waals surface area contributed by atoms with Gasteiger partial charge in [-0.25, -0.2) is 4.57 Å². The van der Waals surface area contributed by atoms with Crippen molar-refractivity contribution in [2.24, 2.45) is 0 Å². The van der Waals surface area contributed by atoms with Gasteiger partial charge in [0.2, 0.25) is 5.82 Å². The van der Waals surface area contributed by atoms with Gasteiger partial charge >= 0.3 is 0 Å². The fourth-order valence-electron chi connectivity index (χ4n) is 1.72. The highest BCUT2D eigenvalue weighted by Crippen LogP contribution is 2.07. The molecule has 0 aliphatic carbocycles. The van der Waals surface area contributed by atoms with Gasteiger partial charge in [-0.15, -0.1) is 0 Å². The lowest BCUT2D eigenvalue weighted by atomic mass is 10.3. The Morgan fingerprint density at radius 2 is 2.06 bits per heavy atom. The number of benzene rings is 1. The third-order valence-corrected chi connectivity index (χ3v) is 2.94. The van der Waals surface area contributed by atoms with E-state index in [9.17, 15) is 0 Å². The molecule has 0 N–H and O–H groups in total. The van der Waals surface area contributed by atoms with Gasteiger partial charge in [0.15, 0.2) is 5.16 Å². The van der Waals surface area contributed by atoms with Gasteiger partial charge < -0.3 is 17.4 Å². The van der Waals surface area contributed by atoms with Gasteiger partial charge in [-0.3, -0.25) is 0 Å². The minimum absolute atomic E-state index is 0.586. The molecule has 17 heavy (non-hydrogen) atoms. The van der Waals surface area contributed by atoms with Gasteiger partial charge in [0.25, 0.3) is 0 Å². The van der Waals surface area contributed by atoms with E-state index in [1.54, 1.807) is 7.11 Å². The van der Waals surface area contributed by atoms with Crippen LogP contribution in [0.3, 0.4) is 0 Å². The normalized spacial score (nSPS) is 10.7. The molecule has 0 saturated carbocycles. The Hall–Kier alpha value is -1.46. The molecular formula is C12H15N3OS. The Bertz CT molecular complexity index is 496. The van der Waals surface area contributed by atoms with Crippen LogP contribution in [0.2, 0.25) is 0 Å². The second-order valence-electron chi connectivity index (χ2n) is 3.72. The number of rotatable bonds is 4. The Morgan fingerprint density at radius 3 is 2.71 bits per heavy atom. The van der Waals surface area contributed by atoms with Crippen molar-refractivity contribution in [3.63, 3.8) is 0 Å². The highest BCUT2D eigenvalue weighted by molar-refractivity contribution is 7.58. The molecule has 0 spiro atoms. The summed E-state index contributed by atoms with van der Waals surface area (Å²) in [5.74, 6) is 1.01. The molecule has 0 aliphatic rings. The summed E-state index contributed by atoms with van der Waals surface area (Å²) in [5.41, 5.74) is 1.02. The molecule has 0 aliphatic heterocycles. The lowest BCUT2D eigenvalue weighted by Gasteiger charge is -2.03. The lowest BCUT2D eigenvalue weighted by molar-refractivity contribution is -0.739. The monoisotopic (exact) mass is 249 g/mol. The molecule has 2 rings (SSSR count). The maximum absolute atomic E-state index is 5.25. The summed E-state index contributed by atoms with van der Waals surface area (Å²) in [6, 6.07) is 9.97. The topological polar surface area (TPSA) is 30.9 Å². The molecule has 2 aromatic rings. The van der Waals surface area contributed by atoms with Crippen molar-refractivity contribution < 1.29 is 9.30 Å². The number of hydrogen-bond donors (Lipinski definition) is 0. The van der Waals surface area contributed by atoms with Crippen LogP contribution in [0.1, 0.15) is 5.82 Å². The maximum Gasteiger partial charge on any atom is 0.237 e. The second kappa shape index (κ2) is 5.25. The summed E-state index contributed by atoms with van der Waals surface area (Å²) in [7, 11) is 1.68. The fourth-order valence-corrected chi connectivity index (χ4v) is 2.02. The molecule has 0 saturated heterocycles. The van der Waals surface area contributed by atoms with E-state index in [4.69, 9.17) is 17.4 Å². The number of ether oxygens (including phenoxy) is 1. The van der Waals surface area contributed by atoms with Crippen molar-refractivity contribution in [3.8, 4) is 5.69 Å². The van der Waals surface area contributed by atoms with Crippen LogP contribution in [0.4, 0.5) is 0 Å². The van der Waals surface area contributed by atoms with E-state index in [2.05, 4.69) is 5.10 Å². The van der Waals surface area contributed by atoms with Crippen molar-refractivity contribution in [1.29, 1.82) is 0 Å². The average Bonchev–Trinajstić information content (AvgIpc) is 2.64. The molecule has 0 fully saturated rings. The molecule has 0 amide bonds. The predicted molar refractivity (Wildman–Crippen MR) is 66.0 cm³/mol. The molecule has 0 atom stereocenters. The molecular weight excluding hydrogens is 234 g/mol. The van der Waals surface area contributed by atoms with E-state index in [0.29, 0.717) is 11.8 Å². The van der Waals surface area contributed by atoms with Crippen LogP contribution in [0.25, 0.3) is 5.69 Å². The Labute approximate surface area is 106 Å². The molecule has 0 radical (unpaired) electrons. The van der Waals surface area contributed by atoms with E-state index < -0.39 is 0 Å². The van der Waals surface area contributed by atoms with Crippen LogP contribution in [0.15, 0.2) is 35.5 Å². The molecule has 1 aromatic carbocycles. The summed E-state index contributed by atoms with van der Waals surface area (Å²) in [5, 5.41) is 4.96. The molecule has 5 heteroatoms. The minimum Gasteiger partial charge on any atom is -0.703 e. The highest BCUT2D eigenvalue weighted by atomic mass is 32.1. The van der Waals surface area contributed by atoms with Crippen LogP contribution >= 0.6 is 0 Å². The van der Waals surface area contributed by atoms with Crippen LogP contribution < -0.4 is 4.57 Å². The van der Waals surface area contributed by atoms with E-state index in [0.717, 1.165) is 18.1 Å². The maximum atomic E-state index is 5.25. The second-order valence-corrected chi connectivity index (χ2v) is 4.09. The van der Waals surface area contributed by atoms with E-state index in [1.807, 2.05) is 46.5 Å². The van der Waals surface area contributed by atoms with Crippen molar-refractivity contribution >= 4 is 12.6 Å². The van der Waals surface area contributed by atoms with E-state index >= 15 is 0 Å². The standard InChI is InChI=1S/C12H15N3OS/c1-10-14(8-9-16-2)12(17)13-15(10)11-6-4-3-5-7-11/h3-7H,8-9H2,1-2H3. The van der Waals surface area contributed by atoms with Crippen LogP contribution in [0, 0.1) is 6.92 Å². The number of para-hydroxylation sites is 1. The first-order valence-corrected chi connectivity index (χ1v) is 5.85. The van der Waals surface area contributed by atoms with Crippen molar-refractivity contribution in [3.05, 3.63) is 36.2 Å². The van der Waals surface area contributed by atoms with Gasteiger partial charge in [0.05, 0.1) is 13.2 Å². The van der Waals surface area contributed by atoms with Crippen molar-refractivity contribution in [1.82, 2.24) is 9.78 Å². The Morgan fingerprint density at radius 1 is 1.35 bits per heavy atom. The number of aromatic nitrogens is 3. The van der Waals surface area contributed by atoms with Gasteiger partial charge in [0.1, 0.15) is 5.69 Å². The molecule has 1 heterocycles. The number of nitrogens with zero attached hydrogens (tertiary/aromatic N) is 3. The zero-order valence-corrected chi connectivity index (χ0v) is 10.8. The zero-order valence-electron chi connectivity index (χ0n) is 9.96. The zero-order chi connectivity index (χ0) is 12.3. The number of methoxy groups -OCH3 is 1. The van der Waals surface area contributed by atoms with Gasteiger partial charge in [-0.1, -0.05) is 22.9 Å². The largest absolute Gasteiger partial charge is 0.703 e. The quantitative estimate of drug-likeness (QED) is 0.599. The highest BCUT2D eigenvalue weighted by Gasteiger charge is 2.16. The first-order chi connectivity index (χ1) is 8.24. The SMILES string of the molecule is COCC[n+]1c([S-])nn(-c2ccccc2)c1C. The Balaban J connectivity index is 2.37. The first-order valence-electron chi connectivity index (χ1n) is 5.45. The van der Waals surface area contributed by atoms with Gasteiger partial charge in [-0.2, -0.15) is 0 Å².